The van der Waals surface area contributed by atoms with E-state index in [1.807, 2.05) is 7.05 Å². The first kappa shape index (κ1) is 14.8. The first-order valence-electron chi connectivity index (χ1n) is 7.05. The highest BCUT2D eigenvalue weighted by Gasteiger charge is 2.34. The zero-order valence-corrected chi connectivity index (χ0v) is 12.7. The Morgan fingerprint density at radius 1 is 1.40 bits per heavy atom. The van der Waals surface area contributed by atoms with Crippen LogP contribution in [0.15, 0.2) is 6.33 Å². The molecule has 0 spiro atoms. The molecule has 1 N–H and O–H groups in total. The molecule has 1 aliphatic carbocycles. The maximum Gasteiger partial charge on any atom is 0.204 e. The van der Waals surface area contributed by atoms with Crippen molar-refractivity contribution < 1.29 is 9.47 Å². The Morgan fingerprint density at radius 2 is 2.15 bits per heavy atom. The topological polar surface area (TPSA) is 59.5 Å². The maximum absolute atomic E-state index is 5.51. The minimum absolute atomic E-state index is 0.429. The maximum atomic E-state index is 5.51. The van der Waals surface area contributed by atoms with Crippen LogP contribution in [0.25, 0.3) is 0 Å². The van der Waals surface area contributed by atoms with Gasteiger partial charge in [0.25, 0.3) is 0 Å². The molecule has 0 amide bonds. The van der Waals surface area contributed by atoms with Crippen molar-refractivity contribution in [2.45, 2.75) is 25.8 Å². The van der Waals surface area contributed by atoms with Crippen LogP contribution in [0.3, 0.4) is 0 Å². The van der Waals surface area contributed by atoms with Gasteiger partial charge >= 0.3 is 0 Å². The van der Waals surface area contributed by atoms with Crippen molar-refractivity contribution in [2.75, 3.05) is 44.6 Å². The van der Waals surface area contributed by atoms with E-state index < -0.39 is 0 Å². The van der Waals surface area contributed by atoms with Gasteiger partial charge in [0.05, 0.1) is 13.7 Å². The van der Waals surface area contributed by atoms with E-state index in [0.717, 1.165) is 18.3 Å². The third kappa shape index (κ3) is 3.12. The molecule has 1 unspecified atom stereocenters. The number of nitrogens with zero attached hydrogens (tertiary/aromatic N) is 3. The third-order valence-corrected chi connectivity index (χ3v) is 3.83. The lowest BCUT2D eigenvalue weighted by atomic mass is 10.2. The number of aromatic nitrogens is 2. The Morgan fingerprint density at radius 3 is 2.70 bits per heavy atom. The van der Waals surface area contributed by atoms with E-state index in [2.05, 4.69) is 27.1 Å². The molecule has 1 aliphatic rings. The van der Waals surface area contributed by atoms with Crippen molar-refractivity contribution >= 4 is 11.6 Å². The van der Waals surface area contributed by atoms with E-state index in [4.69, 9.17) is 9.47 Å². The molecule has 1 aromatic rings. The van der Waals surface area contributed by atoms with E-state index >= 15 is 0 Å². The van der Waals surface area contributed by atoms with E-state index in [9.17, 15) is 0 Å². The second kappa shape index (κ2) is 6.74. The Balaban J connectivity index is 2.31. The number of nitrogens with one attached hydrogen (secondary N) is 1. The summed E-state index contributed by atoms with van der Waals surface area (Å²) in [6.07, 6.45) is 4.15. The Bertz CT molecular complexity index is 437. The fourth-order valence-corrected chi connectivity index (χ4v) is 2.46. The summed E-state index contributed by atoms with van der Waals surface area (Å²) in [6.45, 7) is 3.71. The second-order valence-corrected chi connectivity index (χ2v) is 5.09. The highest BCUT2D eigenvalue weighted by atomic mass is 16.5. The minimum Gasteiger partial charge on any atom is -0.490 e. The number of hydrogen-bond acceptors (Lipinski definition) is 6. The van der Waals surface area contributed by atoms with Crippen molar-refractivity contribution in [2.24, 2.45) is 5.92 Å². The number of ether oxygens (including phenoxy) is 2. The average molecular weight is 280 g/mol. The van der Waals surface area contributed by atoms with E-state index in [-0.39, 0.29) is 0 Å². The molecule has 1 saturated carbocycles. The lowest BCUT2D eigenvalue weighted by Gasteiger charge is -2.31. The molecule has 20 heavy (non-hydrogen) atoms. The monoisotopic (exact) mass is 280 g/mol. The van der Waals surface area contributed by atoms with E-state index in [1.54, 1.807) is 20.5 Å². The summed E-state index contributed by atoms with van der Waals surface area (Å²) in [5, 5.41) is 3.05. The molecule has 1 heterocycles. The van der Waals surface area contributed by atoms with Gasteiger partial charge in [0, 0.05) is 26.7 Å². The SMILES string of the molecule is CNc1ncnc(N(CCOC)C(C)C2CC2)c1OC. The normalized spacial score (nSPS) is 15.8. The first-order chi connectivity index (χ1) is 9.72. The molecule has 6 nitrogen and oxygen atoms in total. The predicted octanol–water partition coefficient (Wildman–Crippen LogP) is 1.78. The second-order valence-electron chi connectivity index (χ2n) is 5.09. The van der Waals surface area contributed by atoms with Crippen LogP contribution in [0.4, 0.5) is 11.6 Å². The minimum atomic E-state index is 0.429. The van der Waals surface area contributed by atoms with Crippen LogP contribution >= 0.6 is 0 Å². The van der Waals surface area contributed by atoms with Gasteiger partial charge in [-0.3, -0.25) is 0 Å². The van der Waals surface area contributed by atoms with Crippen LogP contribution in [0.1, 0.15) is 19.8 Å². The highest BCUT2D eigenvalue weighted by molar-refractivity contribution is 5.65. The van der Waals surface area contributed by atoms with Crippen LogP contribution in [0.2, 0.25) is 0 Å². The fraction of sp³-hybridized carbons (Fsp3) is 0.714. The van der Waals surface area contributed by atoms with Crippen molar-refractivity contribution in [3.8, 4) is 5.75 Å². The number of methoxy groups -OCH3 is 2. The van der Waals surface area contributed by atoms with Gasteiger partial charge in [-0.15, -0.1) is 0 Å². The largest absolute Gasteiger partial charge is 0.490 e. The molecule has 1 atom stereocenters. The average Bonchev–Trinajstić information content (AvgIpc) is 3.31. The third-order valence-electron chi connectivity index (χ3n) is 3.83. The smallest absolute Gasteiger partial charge is 0.204 e. The van der Waals surface area contributed by atoms with Gasteiger partial charge in [-0.25, -0.2) is 9.97 Å². The quantitative estimate of drug-likeness (QED) is 0.783. The summed E-state index contributed by atoms with van der Waals surface area (Å²) in [5.41, 5.74) is 0. The summed E-state index contributed by atoms with van der Waals surface area (Å²) in [5.74, 6) is 2.98. The summed E-state index contributed by atoms with van der Waals surface area (Å²) < 4.78 is 10.7. The summed E-state index contributed by atoms with van der Waals surface area (Å²) in [6, 6.07) is 0.429. The molecule has 6 heteroatoms. The molecule has 112 valence electrons. The molecule has 0 radical (unpaired) electrons. The van der Waals surface area contributed by atoms with Crippen molar-refractivity contribution in [3.05, 3.63) is 6.33 Å². The molecule has 0 saturated heterocycles. The molecule has 1 aromatic heterocycles. The van der Waals surface area contributed by atoms with Crippen molar-refractivity contribution in [1.29, 1.82) is 0 Å². The van der Waals surface area contributed by atoms with Gasteiger partial charge in [0.1, 0.15) is 6.33 Å². The van der Waals surface area contributed by atoms with Gasteiger partial charge in [0.2, 0.25) is 5.75 Å². The summed E-state index contributed by atoms with van der Waals surface area (Å²) in [7, 11) is 5.20. The van der Waals surface area contributed by atoms with Gasteiger partial charge in [0.15, 0.2) is 11.6 Å². The van der Waals surface area contributed by atoms with Crippen molar-refractivity contribution in [3.63, 3.8) is 0 Å². The fourth-order valence-electron chi connectivity index (χ4n) is 2.46. The molecule has 2 rings (SSSR count). The van der Waals surface area contributed by atoms with Crippen molar-refractivity contribution in [1.82, 2.24) is 9.97 Å². The molecule has 1 fully saturated rings. The lowest BCUT2D eigenvalue weighted by Crippen LogP contribution is -2.38. The first-order valence-corrected chi connectivity index (χ1v) is 7.05. The molecule has 0 bridgehead atoms. The molecular weight excluding hydrogens is 256 g/mol. The predicted molar refractivity (Wildman–Crippen MR) is 79.5 cm³/mol. The molecule has 0 aromatic carbocycles. The van der Waals surface area contributed by atoms with Crippen LogP contribution in [0, 0.1) is 5.92 Å². The van der Waals surface area contributed by atoms with Crippen LogP contribution in [0.5, 0.6) is 5.75 Å². The highest BCUT2D eigenvalue weighted by Crippen LogP contribution is 2.39. The lowest BCUT2D eigenvalue weighted by molar-refractivity contribution is 0.202. The molecular formula is C14H24N4O2. The van der Waals surface area contributed by atoms with Gasteiger partial charge in [-0.05, 0) is 25.7 Å². The standard InChI is InChI=1S/C14H24N4O2/c1-10(11-5-6-11)18(7-8-19-3)14-12(20-4)13(15-2)16-9-17-14/h9-11H,5-8H2,1-4H3,(H,15,16,17). The summed E-state index contributed by atoms with van der Waals surface area (Å²) >= 11 is 0. The van der Waals surface area contributed by atoms with Gasteiger partial charge in [-0.2, -0.15) is 0 Å². The Kier molecular flexibility index (Phi) is 5.00. The Hall–Kier alpha value is -1.56. The number of rotatable bonds is 8. The van der Waals surface area contributed by atoms with Crippen LogP contribution < -0.4 is 15.0 Å². The van der Waals surface area contributed by atoms with Gasteiger partial charge < -0.3 is 19.7 Å². The Labute approximate surface area is 120 Å². The zero-order valence-electron chi connectivity index (χ0n) is 12.7. The van der Waals surface area contributed by atoms with Crippen LogP contribution in [-0.4, -0.2) is 50.4 Å². The molecule has 0 aliphatic heterocycles. The van der Waals surface area contributed by atoms with E-state index in [1.165, 1.54) is 12.8 Å². The van der Waals surface area contributed by atoms with Gasteiger partial charge in [-0.1, -0.05) is 0 Å². The number of hydrogen-bond donors (Lipinski definition) is 1. The van der Waals surface area contributed by atoms with Crippen LogP contribution in [-0.2, 0) is 4.74 Å². The zero-order chi connectivity index (χ0) is 14.5. The van der Waals surface area contributed by atoms with E-state index in [0.29, 0.717) is 24.2 Å². The summed E-state index contributed by atoms with van der Waals surface area (Å²) in [4.78, 5) is 10.9. The number of anilines is 2.